The Morgan fingerprint density at radius 3 is 2.58 bits per heavy atom. The van der Waals surface area contributed by atoms with E-state index < -0.39 is 0 Å². The van der Waals surface area contributed by atoms with Crippen LogP contribution in [0.1, 0.15) is 5.56 Å². The fraction of sp³-hybridized carbons (Fsp3) is 0.100. The molecule has 1 heterocycles. The van der Waals surface area contributed by atoms with Gasteiger partial charge in [-0.2, -0.15) is 0 Å². The molecule has 0 N–H and O–H groups in total. The fourth-order valence-corrected chi connectivity index (χ4v) is 1.04. The van der Waals surface area contributed by atoms with Gasteiger partial charge in [0.25, 0.3) is 6.39 Å². The first-order valence-corrected chi connectivity index (χ1v) is 3.75. The largest absolute Gasteiger partial charge is 0.440 e. The third-order valence-corrected chi connectivity index (χ3v) is 1.74. The lowest BCUT2D eigenvalue weighted by molar-refractivity contribution is 0.548. The van der Waals surface area contributed by atoms with E-state index in [1.165, 1.54) is 5.56 Å². The molecule has 12 heavy (non-hydrogen) atoms. The minimum Gasteiger partial charge on any atom is -0.440 e. The van der Waals surface area contributed by atoms with Crippen molar-refractivity contribution in [3.63, 3.8) is 0 Å². The van der Waals surface area contributed by atoms with E-state index in [-0.39, 0.29) is 0 Å². The molecule has 0 atom stereocenters. The summed E-state index contributed by atoms with van der Waals surface area (Å²) in [5, 5.41) is 0. The van der Waals surface area contributed by atoms with Crippen LogP contribution in [0.4, 0.5) is 0 Å². The van der Waals surface area contributed by atoms with Gasteiger partial charge in [0.1, 0.15) is 12.0 Å². The van der Waals surface area contributed by atoms with E-state index in [1.807, 2.05) is 24.3 Å². The monoisotopic (exact) mass is 158 g/mol. The van der Waals surface area contributed by atoms with Gasteiger partial charge < -0.3 is 4.42 Å². The van der Waals surface area contributed by atoms with Crippen LogP contribution in [0.2, 0.25) is 0 Å². The lowest BCUT2D eigenvalue weighted by Crippen LogP contribution is -1.76. The zero-order valence-electron chi connectivity index (χ0n) is 6.74. The summed E-state index contributed by atoms with van der Waals surface area (Å²) in [4.78, 5) is 3.92. The van der Waals surface area contributed by atoms with E-state index in [9.17, 15) is 0 Å². The molecule has 0 spiro atoms. The normalized spacial score (nSPS) is 10.1. The van der Waals surface area contributed by atoms with Crippen molar-refractivity contribution in [3.05, 3.63) is 42.5 Å². The van der Waals surface area contributed by atoms with Gasteiger partial charge in [-0.25, -0.2) is 4.98 Å². The van der Waals surface area contributed by atoms with Gasteiger partial charge in [-0.3, -0.25) is 0 Å². The molecule has 1 radical (unpaired) electrons. The van der Waals surface area contributed by atoms with Crippen molar-refractivity contribution in [1.29, 1.82) is 0 Å². The van der Waals surface area contributed by atoms with Crippen molar-refractivity contribution in [2.24, 2.45) is 0 Å². The Hall–Kier alpha value is -1.57. The molecule has 0 unspecified atom stereocenters. The number of hydrogen-bond donors (Lipinski definition) is 0. The van der Waals surface area contributed by atoms with Crippen LogP contribution in [-0.2, 0) is 0 Å². The van der Waals surface area contributed by atoms with E-state index >= 15 is 0 Å². The maximum absolute atomic E-state index is 4.76. The van der Waals surface area contributed by atoms with Crippen molar-refractivity contribution < 1.29 is 4.42 Å². The van der Waals surface area contributed by atoms with Gasteiger partial charge >= 0.3 is 0 Å². The first-order chi connectivity index (χ1) is 5.86. The highest BCUT2D eigenvalue weighted by Crippen LogP contribution is 2.16. The molecule has 0 amide bonds. The molecular weight excluding hydrogens is 150 g/mol. The molecule has 0 aliphatic heterocycles. The lowest BCUT2D eigenvalue weighted by Gasteiger charge is -1.94. The molecule has 0 fully saturated rings. The topological polar surface area (TPSA) is 26.0 Å². The molecule has 0 bridgehead atoms. The summed E-state index contributed by atoms with van der Waals surface area (Å²) in [5.41, 5.74) is 3.13. The van der Waals surface area contributed by atoms with Crippen molar-refractivity contribution in [3.8, 4) is 11.3 Å². The van der Waals surface area contributed by atoms with Crippen LogP contribution in [-0.4, -0.2) is 4.98 Å². The molecule has 0 aliphatic rings. The number of nitrogens with zero attached hydrogens (tertiary/aromatic N) is 1. The second kappa shape index (κ2) is 2.81. The van der Waals surface area contributed by atoms with E-state index in [2.05, 4.69) is 18.3 Å². The smallest absolute Gasteiger partial charge is 0.284 e. The summed E-state index contributed by atoms with van der Waals surface area (Å²) in [6.07, 6.45) is 4.01. The Kier molecular flexibility index (Phi) is 1.67. The average Bonchev–Trinajstić information content (AvgIpc) is 2.58. The van der Waals surface area contributed by atoms with Crippen LogP contribution in [0.25, 0.3) is 11.3 Å². The van der Waals surface area contributed by atoms with E-state index in [0.717, 1.165) is 11.3 Å². The summed E-state index contributed by atoms with van der Waals surface area (Å²) in [6, 6.07) is 8.12. The highest BCUT2D eigenvalue weighted by atomic mass is 16.3. The van der Waals surface area contributed by atoms with Gasteiger partial charge in [0.15, 0.2) is 0 Å². The number of oxazole rings is 1. The summed E-state index contributed by atoms with van der Waals surface area (Å²) in [5.74, 6) is 0. The van der Waals surface area contributed by atoms with Crippen molar-refractivity contribution in [2.75, 3.05) is 0 Å². The molecule has 0 aliphatic carbocycles. The zero-order chi connectivity index (χ0) is 8.39. The van der Waals surface area contributed by atoms with Crippen LogP contribution in [0.15, 0.2) is 34.9 Å². The molecule has 0 saturated carbocycles. The van der Waals surface area contributed by atoms with Crippen LogP contribution < -0.4 is 0 Å². The molecule has 1 aromatic heterocycles. The second-order valence-electron chi connectivity index (χ2n) is 2.69. The quantitative estimate of drug-likeness (QED) is 0.637. The Bertz CT molecular complexity index is 348. The van der Waals surface area contributed by atoms with Crippen molar-refractivity contribution >= 4 is 0 Å². The standard InChI is InChI=1S/C10H8NO/c1-8-2-4-9(5-3-8)10-6-12-7-11-10/h2-6H,1H3. The van der Waals surface area contributed by atoms with Gasteiger partial charge in [-0.15, -0.1) is 0 Å². The first-order valence-electron chi connectivity index (χ1n) is 3.75. The zero-order valence-corrected chi connectivity index (χ0v) is 6.74. The van der Waals surface area contributed by atoms with E-state index in [1.54, 1.807) is 6.26 Å². The van der Waals surface area contributed by atoms with Gasteiger partial charge in [0.2, 0.25) is 0 Å². The van der Waals surface area contributed by atoms with Gasteiger partial charge in [-0.05, 0) is 6.92 Å². The van der Waals surface area contributed by atoms with E-state index in [4.69, 9.17) is 4.42 Å². The number of rotatable bonds is 1. The fourth-order valence-electron chi connectivity index (χ4n) is 1.04. The third kappa shape index (κ3) is 1.23. The summed E-state index contributed by atoms with van der Waals surface area (Å²) in [6.45, 7) is 2.05. The number of aromatic nitrogens is 1. The first kappa shape index (κ1) is 7.10. The predicted molar refractivity (Wildman–Crippen MR) is 45.5 cm³/mol. The second-order valence-corrected chi connectivity index (χ2v) is 2.69. The SMILES string of the molecule is Cc1ccc(-c2co[c]n2)cc1. The lowest BCUT2D eigenvalue weighted by atomic mass is 10.1. The number of aryl methyl sites for hydroxylation is 1. The Balaban J connectivity index is 2.43. The summed E-state index contributed by atoms with van der Waals surface area (Å²) < 4.78 is 4.76. The van der Waals surface area contributed by atoms with Gasteiger partial charge in [0, 0.05) is 5.56 Å². The van der Waals surface area contributed by atoms with Gasteiger partial charge in [0.05, 0.1) is 0 Å². The van der Waals surface area contributed by atoms with Crippen LogP contribution in [0.3, 0.4) is 0 Å². The van der Waals surface area contributed by atoms with Crippen LogP contribution in [0, 0.1) is 13.3 Å². The van der Waals surface area contributed by atoms with Crippen molar-refractivity contribution in [1.82, 2.24) is 4.98 Å². The Labute approximate surface area is 70.9 Å². The number of benzene rings is 1. The summed E-state index contributed by atoms with van der Waals surface area (Å²) in [7, 11) is 0. The van der Waals surface area contributed by atoms with E-state index in [0.29, 0.717) is 0 Å². The molecule has 2 aromatic rings. The maximum Gasteiger partial charge on any atom is 0.284 e. The molecule has 0 saturated heterocycles. The third-order valence-electron chi connectivity index (χ3n) is 1.74. The van der Waals surface area contributed by atoms with Crippen LogP contribution >= 0.6 is 0 Å². The molecule has 1 aromatic carbocycles. The van der Waals surface area contributed by atoms with Gasteiger partial charge in [-0.1, -0.05) is 29.8 Å². The molecule has 59 valence electrons. The predicted octanol–water partition coefficient (Wildman–Crippen LogP) is 2.45. The summed E-state index contributed by atoms with van der Waals surface area (Å²) >= 11 is 0. The Morgan fingerprint density at radius 2 is 2.00 bits per heavy atom. The average molecular weight is 158 g/mol. The minimum atomic E-state index is 0.829. The minimum absolute atomic E-state index is 0.829. The highest BCUT2D eigenvalue weighted by molar-refractivity contribution is 5.57. The maximum atomic E-state index is 4.76. The molecule has 2 nitrogen and oxygen atoms in total. The van der Waals surface area contributed by atoms with Crippen molar-refractivity contribution in [2.45, 2.75) is 6.92 Å². The van der Waals surface area contributed by atoms with Crippen LogP contribution in [0.5, 0.6) is 0 Å². The number of hydrogen-bond acceptors (Lipinski definition) is 2. The molecular formula is C10H8NO. The Morgan fingerprint density at radius 1 is 1.25 bits per heavy atom. The molecule has 2 rings (SSSR count). The molecule has 2 heteroatoms. The highest BCUT2D eigenvalue weighted by Gasteiger charge is 1.98.